The van der Waals surface area contributed by atoms with Crippen LogP contribution in [-0.2, 0) is 26.0 Å². The van der Waals surface area contributed by atoms with Gasteiger partial charge in [-0.25, -0.2) is 8.42 Å². The Bertz CT molecular complexity index is 1490. The van der Waals surface area contributed by atoms with Crippen molar-refractivity contribution in [3.8, 4) is 5.75 Å². The average molecular weight is 562 g/mol. The zero-order valence-electron chi connectivity index (χ0n) is 22.9. The first-order valence-electron chi connectivity index (χ1n) is 13.7. The lowest BCUT2D eigenvalue weighted by molar-refractivity contribution is -0.129. The molecule has 2 aliphatic heterocycles. The number of amides is 2. The van der Waals surface area contributed by atoms with Crippen LogP contribution >= 0.6 is 0 Å². The first kappa shape index (κ1) is 27.9. The number of hydrogen-bond donors (Lipinski definition) is 1. The summed E-state index contributed by atoms with van der Waals surface area (Å²) in [7, 11) is -3.76. The minimum Gasteiger partial charge on any atom is -0.477 e. The van der Waals surface area contributed by atoms with E-state index in [-0.39, 0.29) is 29.8 Å². The molecular weight excluding hydrogens is 526 g/mol. The van der Waals surface area contributed by atoms with Crippen molar-refractivity contribution in [1.82, 2.24) is 9.62 Å². The Labute approximate surface area is 236 Å². The van der Waals surface area contributed by atoms with E-state index in [0.29, 0.717) is 49.4 Å². The number of sulfonamides is 1. The third-order valence-corrected chi connectivity index (χ3v) is 9.59. The number of carbonyl (C=O) groups excluding carboxylic acids is 2. The molecule has 0 radical (unpaired) electrons. The van der Waals surface area contributed by atoms with Gasteiger partial charge in [-0.3, -0.25) is 9.59 Å². The van der Waals surface area contributed by atoms with E-state index in [0.717, 1.165) is 11.1 Å². The Balaban J connectivity index is 1.31. The van der Waals surface area contributed by atoms with Crippen LogP contribution in [0.4, 0.5) is 5.69 Å². The monoisotopic (exact) mass is 561 g/mol. The molecule has 8 nitrogen and oxygen atoms in total. The van der Waals surface area contributed by atoms with Crippen LogP contribution in [0.15, 0.2) is 77.7 Å². The van der Waals surface area contributed by atoms with Gasteiger partial charge in [0.15, 0.2) is 6.10 Å². The minimum atomic E-state index is -3.76. The molecule has 0 aliphatic carbocycles. The highest BCUT2D eigenvalue weighted by Crippen LogP contribution is 2.36. The predicted molar refractivity (Wildman–Crippen MR) is 154 cm³/mol. The van der Waals surface area contributed by atoms with E-state index in [2.05, 4.69) is 5.32 Å². The number of carbonyl (C=O) groups is 2. The molecule has 2 amide bonds. The van der Waals surface area contributed by atoms with Crippen LogP contribution in [0.1, 0.15) is 29.5 Å². The summed E-state index contributed by atoms with van der Waals surface area (Å²) in [4.78, 5) is 28.9. The van der Waals surface area contributed by atoms with Crippen molar-refractivity contribution in [2.24, 2.45) is 5.92 Å². The van der Waals surface area contributed by atoms with Crippen LogP contribution in [0.3, 0.4) is 0 Å². The standard InChI is InChI=1S/C31H35N3O5S/c1-22-14-15-23(2)29(19-22)40(37,38)33-18-8-11-25(20-33)31(36)34-21-28(39-27-13-7-6-12-26(27)34)30(35)32-17-16-24-9-4-3-5-10-24/h3-7,9-10,12-15,19,25,28H,8,11,16-18,20-21H2,1-2H3,(H,32,35)/t25-,28+/m1/s1. The summed E-state index contributed by atoms with van der Waals surface area (Å²) in [6, 6.07) is 22.4. The second-order valence-electron chi connectivity index (χ2n) is 10.5. The Hall–Kier alpha value is -3.69. The summed E-state index contributed by atoms with van der Waals surface area (Å²) < 4.78 is 34.6. The number of fused-ring (bicyclic) bond motifs is 1. The van der Waals surface area contributed by atoms with Crippen molar-refractivity contribution in [2.75, 3.05) is 31.1 Å². The zero-order chi connectivity index (χ0) is 28.3. The number of nitrogens with one attached hydrogen (secondary N) is 1. The molecule has 2 heterocycles. The van der Waals surface area contributed by atoms with Crippen LogP contribution in [0.2, 0.25) is 0 Å². The highest BCUT2D eigenvalue weighted by Gasteiger charge is 2.40. The van der Waals surface area contributed by atoms with Gasteiger partial charge >= 0.3 is 0 Å². The Morgan fingerprint density at radius 3 is 2.52 bits per heavy atom. The summed E-state index contributed by atoms with van der Waals surface area (Å²) >= 11 is 0. The van der Waals surface area contributed by atoms with Gasteiger partial charge in [0.1, 0.15) is 5.75 Å². The van der Waals surface area contributed by atoms with Crippen molar-refractivity contribution in [1.29, 1.82) is 0 Å². The Morgan fingerprint density at radius 1 is 0.975 bits per heavy atom. The molecular formula is C31H35N3O5S. The molecule has 210 valence electrons. The van der Waals surface area contributed by atoms with E-state index < -0.39 is 22.0 Å². The van der Waals surface area contributed by atoms with Crippen LogP contribution in [0, 0.1) is 19.8 Å². The van der Waals surface area contributed by atoms with E-state index in [9.17, 15) is 18.0 Å². The smallest absolute Gasteiger partial charge is 0.262 e. The van der Waals surface area contributed by atoms with Gasteiger partial charge in [-0.1, -0.05) is 54.6 Å². The number of nitrogens with zero attached hydrogens (tertiary/aromatic N) is 2. The van der Waals surface area contributed by atoms with E-state index in [1.165, 1.54) is 4.31 Å². The van der Waals surface area contributed by atoms with Gasteiger partial charge < -0.3 is 15.0 Å². The number of ether oxygens (including phenoxy) is 1. The lowest BCUT2D eigenvalue weighted by Gasteiger charge is -2.38. The quantitative estimate of drug-likeness (QED) is 0.473. The fourth-order valence-electron chi connectivity index (χ4n) is 5.38. The first-order valence-corrected chi connectivity index (χ1v) is 15.1. The maximum absolute atomic E-state index is 13.9. The van der Waals surface area contributed by atoms with E-state index in [1.54, 1.807) is 36.1 Å². The lowest BCUT2D eigenvalue weighted by atomic mass is 9.97. The largest absolute Gasteiger partial charge is 0.477 e. The number of hydrogen-bond acceptors (Lipinski definition) is 5. The number of anilines is 1. The second kappa shape index (κ2) is 11.8. The van der Waals surface area contributed by atoms with Crippen LogP contribution in [0.5, 0.6) is 5.75 Å². The summed E-state index contributed by atoms with van der Waals surface area (Å²) in [6.07, 6.45) is 0.972. The van der Waals surface area contributed by atoms with Crippen molar-refractivity contribution in [3.63, 3.8) is 0 Å². The number of para-hydroxylation sites is 2. The number of rotatable bonds is 7. The van der Waals surface area contributed by atoms with E-state index in [4.69, 9.17) is 4.74 Å². The second-order valence-corrected chi connectivity index (χ2v) is 12.4. The van der Waals surface area contributed by atoms with Gasteiger partial charge in [0.05, 0.1) is 23.0 Å². The van der Waals surface area contributed by atoms with Crippen LogP contribution < -0.4 is 15.0 Å². The van der Waals surface area contributed by atoms with Gasteiger partial charge in [0.25, 0.3) is 5.91 Å². The fourth-order valence-corrected chi connectivity index (χ4v) is 7.21. The lowest BCUT2D eigenvalue weighted by Crippen LogP contribution is -2.54. The molecule has 0 unspecified atom stereocenters. The molecule has 5 rings (SSSR count). The molecule has 3 aromatic rings. The highest BCUT2D eigenvalue weighted by atomic mass is 32.2. The SMILES string of the molecule is Cc1ccc(C)c(S(=O)(=O)N2CCC[C@@H](C(=O)N3C[C@@H](C(=O)NCCc4ccccc4)Oc4ccccc43)C2)c1. The molecule has 0 saturated carbocycles. The first-order chi connectivity index (χ1) is 19.2. The van der Waals surface area contributed by atoms with Gasteiger partial charge in [-0.15, -0.1) is 0 Å². The summed E-state index contributed by atoms with van der Waals surface area (Å²) in [6.45, 7) is 4.63. The van der Waals surface area contributed by atoms with Gasteiger partial charge in [-0.05, 0) is 68.0 Å². The van der Waals surface area contributed by atoms with Crippen molar-refractivity contribution >= 4 is 27.5 Å². The van der Waals surface area contributed by atoms with Crippen LogP contribution in [-0.4, -0.2) is 56.8 Å². The normalized spacial score (nSPS) is 19.4. The molecule has 1 N–H and O–H groups in total. The van der Waals surface area contributed by atoms with Gasteiger partial charge in [-0.2, -0.15) is 4.31 Å². The molecule has 0 bridgehead atoms. The van der Waals surface area contributed by atoms with E-state index >= 15 is 0 Å². The topological polar surface area (TPSA) is 96.0 Å². The minimum absolute atomic E-state index is 0.0628. The van der Waals surface area contributed by atoms with Crippen LogP contribution in [0.25, 0.3) is 0 Å². The van der Waals surface area contributed by atoms with E-state index in [1.807, 2.05) is 55.5 Å². The summed E-state index contributed by atoms with van der Waals surface area (Å²) in [5.41, 5.74) is 3.26. The number of piperidine rings is 1. The maximum Gasteiger partial charge on any atom is 0.262 e. The fraction of sp³-hybridized carbons (Fsp3) is 0.355. The molecule has 3 aromatic carbocycles. The Kier molecular flexibility index (Phi) is 8.23. The molecule has 2 aliphatic rings. The molecule has 0 aromatic heterocycles. The molecule has 1 fully saturated rings. The molecule has 1 saturated heterocycles. The predicted octanol–water partition coefficient (Wildman–Crippen LogP) is 3.86. The number of aryl methyl sites for hydroxylation is 2. The number of benzene rings is 3. The summed E-state index contributed by atoms with van der Waals surface area (Å²) in [5.74, 6) is -0.549. The maximum atomic E-state index is 13.9. The Morgan fingerprint density at radius 2 is 1.73 bits per heavy atom. The van der Waals surface area contributed by atoms with Crippen molar-refractivity contribution in [2.45, 2.75) is 44.1 Å². The summed E-state index contributed by atoms with van der Waals surface area (Å²) in [5, 5.41) is 2.94. The molecule has 2 atom stereocenters. The molecule has 0 spiro atoms. The van der Waals surface area contributed by atoms with Gasteiger partial charge in [0, 0.05) is 19.6 Å². The van der Waals surface area contributed by atoms with Crippen molar-refractivity contribution < 1.29 is 22.7 Å². The molecule has 40 heavy (non-hydrogen) atoms. The third kappa shape index (κ3) is 5.90. The third-order valence-electron chi connectivity index (χ3n) is 7.58. The van der Waals surface area contributed by atoms with Gasteiger partial charge in [0.2, 0.25) is 15.9 Å². The van der Waals surface area contributed by atoms with Crippen molar-refractivity contribution in [3.05, 3.63) is 89.5 Å². The zero-order valence-corrected chi connectivity index (χ0v) is 23.7. The average Bonchev–Trinajstić information content (AvgIpc) is 2.98. The molecule has 9 heteroatoms. The highest BCUT2D eigenvalue weighted by molar-refractivity contribution is 7.89.